The van der Waals surface area contributed by atoms with Gasteiger partial charge in [0.15, 0.2) is 0 Å². The second kappa shape index (κ2) is 6.16. The zero-order valence-electron chi connectivity index (χ0n) is 11.1. The van der Waals surface area contributed by atoms with E-state index >= 15 is 0 Å². The molecule has 0 radical (unpaired) electrons. The maximum Gasteiger partial charge on any atom is 0.273 e. The van der Waals surface area contributed by atoms with Crippen molar-refractivity contribution in [3.63, 3.8) is 0 Å². The molecule has 1 atom stereocenters. The van der Waals surface area contributed by atoms with E-state index in [0.717, 1.165) is 5.56 Å². The first-order chi connectivity index (χ1) is 9.58. The lowest BCUT2D eigenvalue weighted by atomic mass is 10.1. The van der Waals surface area contributed by atoms with Gasteiger partial charge in [0.1, 0.15) is 5.75 Å². The molecule has 0 aromatic heterocycles. The second-order valence-corrected chi connectivity index (χ2v) is 4.58. The topological polar surface area (TPSA) is 75.4 Å². The number of phenols is 1. The zero-order valence-corrected chi connectivity index (χ0v) is 11.1. The molecule has 0 aliphatic rings. The normalized spacial score (nSPS) is 12.1. The van der Waals surface area contributed by atoms with Crippen LogP contribution in [0, 0.1) is 10.1 Å². The summed E-state index contributed by atoms with van der Waals surface area (Å²) < 4.78 is 0. The van der Waals surface area contributed by atoms with Crippen LogP contribution in [0.5, 0.6) is 5.75 Å². The summed E-state index contributed by atoms with van der Waals surface area (Å²) in [5.41, 5.74) is 1.69. The number of para-hydroxylation sites is 1. The lowest BCUT2D eigenvalue weighted by molar-refractivity contribution is -0.385. The van der Waals surface area contributed by atoms with E-state index < -0.39 is 0 Å². The standard InChI is InChI=1S/C15H16N2O3/c1-11(12-6-4-7-14(18)9-12)16-10-13-5-2-3-8-15(13)17(19)20/h2-9,11,16,18H,10H2,1H3. The Morgan fingerprint density at radius 2 is 2.00 bits per heavy atom. The van der Waals surface area contributed by atoms with E-state index in [0.29, 0.717) is 12.1 Å². The van der Waals surface area contributed by atoms with Gasteiger partial charge in [0.05, 0.1) is 4.92 Å². The predicted octanol–water partition coefficient (Wildman–Crippen LogP) is 3.15. The number of nitro benzene ring substituents is 1. The lowest BCUT2D eigenvalue weighted by Gasteiger charge is -2.14. The Kier molecular flexibility index (Phi) is 4.32. The SMILES string of the molecule is CC(NCc1ccccc1[N+](=O)[O-])c1cccc(O)c1. The van der Waals surface area contributed by atoms with E-state index in [1.807, 2.05) is 13.0 Å². The van der Waals surface area contributed by atoms with Crippen molar-refractivity contribution in [2.45, 2.75) is 19.5 Å². The summed E-state index contributed by atoms with van der Waals surface area (Å²) in [5, 5.41) is 23.6. The molecule has 0 saturated carbocycles. The quantitative estimate of drug-likeness (QED) is 0.647. The average molecular weight is 272 g/mol. The van der Waals surface area contributed by atoms with Gasteiger partial charge >= 0.3 is 0 Å². The zero-order chi connectivity index (χ0) is 14.5. The molecular formula is C15H16N2O3. The van der Waals surface area contributed by atoms with Gasteiger partial charge in [0, 0.05) is 24.2 Å². The minimum Gasteiger partial charge on any atom is -0.508 e. The van der Waals surface area contributed by atoms with Gasteiger partial charge in [-0.2, -0.15) is 0 Å². The molecule has 104 valence electrons. The molecule has 0 bridgehead atoms. The number of nitrogens with zero attached hydrogens (tertiary/aromatic N) is 1. The summed E-state index contributed by atoms with van der Waals surface area (Å²) in [6.45, 7) is 2.34. The van der Waals surface area contributed by atoms with Crippen LogP contribution in [0.1, 0.15) is 24.1 Å². The molecule has 0 saturated heterocycles. The van der Waals surface area contributed by atoms with Gasteiger partial charge in [-0.1, -0.05) is 30.3 Å². The molecule has 2 N–H and O–H groups in total. The maximum absolute atomic E-state index is 10.9. The summed E-state index contributed by atoms with van der Waals surface area (Å²) in [5.74, 6) is 0.210. The molecule has 1 unspecified atom stereocenters. The van der Waals surface area contributed by atoms with Crippen molar-refractivity contribution in [1.29, 1.82) is 0 Å². The maximum atomic E-state index is 10.9. The Bertz CT molecular complexity index is 614. The summed E-state index contributed by atoms with van der Waals surface area (Å²) in [4.78, 5) is 10.5. The van der Waals surface area contributed by atoms with E-state index in [2.05, 4.69) is 5.32 Å². The van der Waals surface area contributed by atoms with Crippen molar-refractivity contribution in [2.75, 3.05) is 0 Å². The minimum absolute atomic E-state index is 0.0121. The molecule has 20 heavy (non-hydrogen) atoms. The highest BCUT2D eigenvalue weighted by Crippen LogP contribution is 2.21. The van der Waals surface area contributed by atoms with Gasteiger partial charge in [-0.15, -0.1) is 0 Å². The fraction of sp³-hybridized carbons (Fsp3) is 0.200. The first-order valence-electron chi connectivity index (χ1n) is 6.32. The molecule has 0 spiro atoms. The van der Waals surface area contributed by atoms with Crippen LogP contribution >= 0.6 is 0 Å². The third-order valence-electron chi connectivity index (χ3n) is 3.16. The minimum atomic E-state index is -0.379. The molecule has 0 heterocycles. The van der Waals surface area contributed by atoms with Gasteiger partial charge in [0.2, 0.25) is 0 Å². The molecule has 2 rings (SSSR count). The van der Waals surface area contributed by atoms with Crippen molar-refractivity contribution in [3.8, 4) is 5.75 Å². The molecule has 2 aromatic carbocycles. The van der Waals surface area contributed by atoms with Crippen molar-refractivity contribution < 1.29 is 10.0 Å². The smallest absolute Gasteiger partial charge is 0.273 e. The van der Waals surface area contributed by atoms with Gasteiger partial charge in [-0.05, 0) is 24.6 Å². The number of rotatable bonds is 5. The molecule has 5 nitrogen and oxygen atoms in total. The Balaban J connectivity index is 2.07. The molecular weight excluding hydrogens is 256 g/mol. The van der Waals surface area contributed by atoms with Crippen LogP contribution in [0.2, 0.25) is 0 Å². The van der Waals surface area contributed by atoms with Gasteiger partial charge in [-0.25, -0.2) is 0 Å². The largest absolute Gasteiger partial charge is 0.508 e. The fourth-order valence-corrected chi connectivity index (χ4v) is 2.01. The first-order valence-corrected chi connectivity index (χ1v) is 6.32. The van der Waals surface area contributed by atoms with Crippen LogP contribution in [0.3, 0.4) is 0 Å². The number of aromatic hydroxyl groups is 1. The Labute approximate surface area is 117 Å². The van der Waals surface area contributed by atoms with Crippen LogP contribution in [0.15, 0.2) is 48.5 Å². The molecule has 0 aliphatic heterocycles. The van der Waals surface area contributed by atoms with Crippen LogP contribution in [-0.4, -0.2) is 10.0 Å². The van der Waals surface area contributed by atoms with Crippen molar-refractivity contribution in [1.82, 2.24) is 5.32 Å². The predicted molar refractivity (Wildman–Crippen MR) is 76.5 cm³/mol. The first kappa shape index (κ1) is 14.0. The van der Waals surface area contributed by atoms with Crippen LogP contribution < -0.4 is 5.32 Å². The highest BCUT2D eigenvalue weighted by atomic mass is 16.6. The number of hydrogen-bond donors (Lipinski definition) is 2. The van der Waals surface area contributed by atoms with Crippen molar-refractivity contribution >= 4 is 5.69 Å². The monoisotopic (exact) mass is 272 g/mol. The van der Waals surface area contributed by atoms with E-state index in [4.69, 9.17) is 0 Å². The van der Waals surface area contributed by atoms with E-state index in [1.54, 1.807) is 36.4 Å². The van der Waals surface area contributed by atoms with E-state index in [1.165, 1.54) is 6.07 Å². The lowest BCUT2D eigenvalue weighted by Crippen LogP contribution is -2.18. The van der Waals surface area contributed by atoms with E-state index in [-0.39, 0.29) is 22.4 Å². The number of phenolic OH excluding ortho intramolecular Hbond substituents is 1. The summed E-state index contributed by atoms with van der Waals surface area (Å²) in [6, 6.07) is 13.6. The van der Waals surface area contributed by atoms with Crippen molar-refractivity contribution in [2.24, 2.45) is 0 Å². The Morgan fingerprint density at radius 1 is 1.25 bits per heavy atom. The third kappa shape index (κ3) is 3.33. The molecule has 0 aliphatic carbocycles. The second-order valence-electron chi connectivity index (χ2n) is 4.58. The summed E-state index contributed by atoms with van der Waals surface area (Å²) >= 11 is 0. The van der Waals surface area contributed by atoms with Crippen LogP contribution in [-0.2, 0) is 6.54 Å². The Morgan fingerprint density at radius 3 is 2.70 bits per heavy atom. The van der Waals surface area contributed by atoms with Crippen LogP contribution in [0.25, 0.3) is 0 Å². The highest BCUT2D eigenvalue weighted by molar-refractivity contribution is 5.39. The fourth-order valence-electron chi connectivity index (χ4n) is 2.01. The van der Waals surface area contributed by atoms with Gasteiger partial charge < -0.3 is 10.4 Å². The van der Waals surface area contributed by atoms with Crippen molar-refractivity contribution in [3.05, 3.63) is 69.8 Å². The third-order valence-corrected chi connectivity index (χ3v) is 3.16. The average Bonchev–Trinajstić information content (AvgIpc) is 2.45. The van der Waals surface area contributed by atoms with Crippen LogP contribution in [0.4, 0.5) is 5.69 Å². The molecule has 0 amide bonds. The summed E-state index contributed by atoms with van der Waals surface area (Å²) in [6.07, 6.45) is 0. The molecule has 5 heteroatoms. The number of benzene rings is 2. The highest BCUT2D eigenvalue weighted by Gasteiger charge is 2.13. The Hall–Kier alpha value is -2.40. The van der Waals surface area contributed by atoms with E-state index in [9.17, 15) is 15.2 Å². The van der Waals surface area contributed by atoms with Gasteiger partial charge in [0.25, 0.3) is 5.69 Å². The number of nitro groups is 1. The molecule has 2 aromatic rings. The summed E-state index contributed by atoms with van der Waals surface area (Å²) in [7, 11) is 0. The number of hydrogen-bond acceptors (Lipinski definition) is 4. The van der Waals surface area contributed by atoms with Gasteiger partial charge in [-0.3, -0.25) is 10.1 Å². The number of nitrogens with one attached hydrogen (secondary N) is 1. The molecule has 0 fully saturated rings.